The highest BCUT2D eigenvalue weighted by Gasteiger charge is 2.06. The molecule has 0 atom stereocenters. The number of carbonyl (C=O) groups is 1. The summed E-state index contributed by atoms with van der Waals surface area (Å²) in [5.41, 5.74) is 10.6. The summed E-state index contributed by atoms with van der Waals surface area (Å²) in [7, 11) is 0. The van der Waals surface area contributed by atoms with Gasteiger partial charge in [0.15, 0.2) is 11.6 Å². The van der Waals surface area contributed by atoms with Crippen LogP contribution in [0.25, 0.3) is 0 Å². The molecule has 2 aromatic rings. The largest absolute Gasteiger partial charge is 0.454 e. The topological polar surface area (TPSA) is 76.4 Å². The Hall–Kier alpha value is -2.67. The van der Waals surface area contributed by atoms with Crippen LogP contribution in [-0.2, 0) is 6.54 Å². The monoisotopic (exact) mass is 293 g/mol. The summed E-state index contributed by atoms with van der Waals surface area (Å²) < 4.78 is 31.5. The van der Waals surface area contributed by atoms with Crippen molar-refractivity contribution in [2.45, 2.75) is 6.54 Å². The summed E-state index contributed by atoms with van der Waals surface area (Å²) >= 11 is 0. The van der Waals surface area contributed by atoms with Gasteiger partial charge < -0.3 is 10.5 Å². The van der Waals surface area contributed by atoms with Gasteiger partial charge in [0.05, 0.1) is 0 Å². The number of halogens is 2. The van der Waals surface area contributed by atoms with Crippen molar-refractivity contribution in [3.63, 3.8) is 0 Å². The van der Waals surface area contributed by atoms with Gasteiger partial charge in [0, 0.05) is 12.6 Å². The van der Waals surface area contributed by atoms with Crippen LogP contribution in [0.5, 0.6) is 11.5 Å². The molecule has 0 bridgehead atoms. The number of ether oxygens (including phenoxy) is 1. The first-order valence-electron chi connectivity index (χ1n) is 6.05. The van der Waals surface area contributed by atoms with Crippen LogP contribution in [0.2, 0.25) is 0 Å². The van der Waals surface area contributed by atoms with Crippen LogP contribution < -0.4 is 21.3 Å². The van der Waals surface area contributed by atoms with Gasteiger partial charge >= 0.3 is 6.03 Å². The Bertz CT molecular complexity index is 633. The molecule has 0 spiro atoms. The zero-order valence-electron chi connectivity index (χ0n) is 10.9. The molecule has 2 aromatic carbocycles. The van der Waals surface area contributed by atoms with E-state index >= 15 is 0 Å². The first-order valence-corrected chi connectivity index (χ1v) is 6.05. The molecule has 0 aromatic heterocycles. The molecular formula is C14H13F2N3O2. The number of urea groups is 1. The number of amides is 2. The molecule has 0 fully saturated rings. The molecule has 0 unspecified atom stereocenters. The molecule has 0 heterocycles. The second kappa shape index (κ2) is 6.67. The third-order valence-electron chi connectivity index (χ3n) is 2.55. The molecule has 0 aliphatic heterocycles. The van der Waals surface area contributed by atoms with Crippen LogP contribution in [0.1, 0.15) is 5.56 Å². The van der Waals surface area contributed by atoms with Crippen LogP contribution in [0.15, 0.2) is 42.5 Å². The molecule has 110 valence electrons. The average Bonchev–Trinajstić information content (AvgIpc) is 2.43. The number of carbonyl (C=O) groups excluding carboxylic acids is 1. The molecule has 7 heteroatoms. The third kappa shape index (κ3) is 4.43. The molecule has 21 heavy (non-hydrogen) atoms. The number of hydrazine groups is 1. The van der Waals surface area contributed by atoms with Gasteiger partial charge in [-0.25, -0.2) is 19.0 Å². The van der Waals surface area contributed by atoms with E-state index in [1.54, 1.807) is 24.3 Å². The number of nitrogens with two attached hydrogens (primary N) is 1. The maximum absolute atomic E-state index is 13.4. The highest BCUT2D eigenvalue weighted by molar-refractivity contribution is 5.70. The Kier molecular flexibility index (Phi) is 4.68. The van der Waals surface area contributed by atoms with Crippen LogP contribution in [-0.4, -0.2) is 6.03 Å². The molecule has 2 amide bonds. The quantitative estimate of drug-likeness (QED) is 0.741. The fourth-order valence-electron chi connectivity index (χ4n) is 1.59. The van der Waals surface area contributed by atoms with E-state index in [4.69, 9.17) is 10.5 Å². The molecule has 0 radical (unpaired) electrons. The number of nitrogens with one attached hydrogen (secondary N) is 2. The van der Waals surface area contributed by atoms with Crippen molar-refractivity contribution in [3.05, 3.63) is 59.7 Å². The second-order valence-electron chi connectivity index (χ2n) is 4.16. The van der Waals surface area contributed by atoms with Crippen molar-refractivity contribution >= 4 is 6.03 Å². The van der Waals surface area contributed by atoms with E-state index < -0.39 is 17.7 Å². The van der Waals surface area contributed by atoms with Crippen molar-refractivity contribution in [2.24, 2.45) is 5.73 Å². The normalized spacial score (nSPS) is 10.2. The number of primary amides is 1. The molecule has 2 rings (SSSR count). The van der Waals surface area contributed by atoms with Gasteiger partial charge in [-0.2, -0.15) is 0 Å². The van der Waals surface area contributed by atoms with Crippen LogP contribution >= 0.6 is 0 Å². The fourth-order valence-corrected chi connectivity index (χ4v) is 1.59. The minimum absolute atomic E-state index is 0.0577. The number of hydrogen-bond acceptors (Lipinski definition) is 3. The van der Waals surface area contributed by atoms with Crippen molar-refractivity contribution in [1.29, 1.82) is 0 Å². The predicted molar refractivity (Wildman–Crippen MR) is 72.4 cm³/mol. The van der Waals surface area contributed by atoms with Gasteiger partial charge in [0.1, 0.15) is 11.6 Å². The summed E-state index contributed by atoms with van der Waals surface area (Å²) in [5, 5.41) is 0. The Morgan fingerprint density at radius 1 is 1.14 bits per heavy atom. The summed E-state index contributed by atoms with van der Waals surface area (Å²) in [5.74, 6) is -1.08. The van der Waals surface area contributed by atoms with Gasteiger partial charge in [-0.3, -0.25) is 5.43 Å². The minimum atomic E-state index is -0.772. The summed E-state index contributed by atoms with van der Waals surface area (Å²) in [4.78, 5) is 10.5. The van der Waals surface area contributed by atoms with Crippen LogP contribution in [0, 0.1) is 11.6 Å². The Morgan fingerprint density at radius 2 is 1.86 bits per heavy atom. The van der Waals surface area contributed by atoms with E-state index in [0.29, 0.717) is 12.3 Å². The molecule has 0 saturated carbocycles. The Labute approximate surface area is 119 Å². The molecule has 5 nitrogen and oxygen atoms in total. The minimum Gasteiger partial charge on any atom is -0.454 e. The molecule has 0 saturated heterocycles. The molecule has 4 N–H and O–H groups in total. The molecule has 0 aliphatic rings. The second-order valence-corrected chi connectivity index (χ2v) is 4.16. The maximum atomic E-state index is 13.4. The number of benzene rings is 2. The summed E-state index contributed by atoms with van der Waals surface area (Å²) in [6, 6.07) is 9.13. The Balaban J connectivity index is 1.97. The van der Waals surface area contributed by atoms with E-state index in [1.165, 1.54) is 6.07 Å². The van der Waals surface area contributed by atoms with E-state index in [9.17, 15) is 13.6 Å². The van der Waals surface area contributed by atoms with Crippen LogP contribution in [0.3, 0.4) is 0 Å². The van der Waals surface area contributed by atoms with Gasteiger partial charge in [0.25, 0.3) is 0 Å². The summed E-state index contributed by atoms with van der Waals surface area (Å²) in [6.45, 7) is 0.369. The van der Waals surface area contributed by atoms with E-state index in [-0.39, 0.29) is 5.75 Å². The average molecular weight is 293 g/mol. The van der Waals surface area contributed by atoms with Crippen molar-refractivity contribution < 1.29 is 18.3 Å². The number of hydrogen-bond donors (Lipinski definition) is 3. The smallest absolute Gasteiger partial charge is 0.326 e. The van der Waals surface area contributed by atoms with E-state index in [2.05, 4.69) is 10.9 Å². The lowest BCUT2D eigenvalue weighted by Crippen LogP contribution is -2.40. The zero-order chi connectivity index (χ0) is 15.2. The standard InChI is InChI=1S/C14H13F2N3O2/c15-10-3-6-13(12(16)7-10)21-11-4-1-9(2-5-11)8-18-19-14(17)20/h1-7,18H,8H2,(H3,17,19,20). The SMILES string of the molecule is NC(=O)NNCc1ccc(Oc2ccc(F)cc2F)cc1. The lowest BCUT2D eigenvalue weighted by atomic mass is 10.2. The van der Waals surface area contributed by atoms with Crippen molar-refractivity contribution in [1.82, 2.24) is 10.9 Å². The van der Waals surface area contributed by atoms with Crippen molar-refractivity contribution in [3.8, 4) is 11.5 Å². The Morgan fingerprint density at radius 3 is 2.48 bits per heavy atom. The van der Waals surface area contributed by atoms with Gasteiger partial charge in [-0.05, 0) is 29.8 Å². The summed E-state index contributed by atoms with van der Waals surface area (Å²) in [6.07, 6.45) is 0. The van der Waals surface area contributed by atoms with Gasteiger partial charge in [-0.1, -0.05) is 12.1 Å². The van der Waals surface area contributed by atoms with E-state index in [1.807, 2.05) is 0 Å². The highest BCUT2D eigenvalue weighted by atomic mass is 19.1. The predicted octanol–water partition coefficient (Wildman–Crippen LogP) is 2.43. The third-order valence-corrected chi connectivity index (χ3v) is 2.55. The number of rotatable bonds is 5. The van der Waals surface area contributed by atoms with Gasteiger partial charge in [-0.15, -0.1) is 0 Å². The molecule has 0 aliphatic carbocycles. The lowest BCUT2D eigenvalue weighted by molar-refractivity contribution is 0.244. The maximum Gasteiger partial charge on any atom is 0.326 e. The first kappa shape index (κ1) is 14.7. The van der Waals surface area contributed by atoms with E-state index in [0.717, 1.165) is 17.7 Å². The fraction of sp³-hybridized carbons (Fsp3) is 0.0714. The zero-order valence-corrected chi connectivity index (χ0v) is 10.9. The van der Waals surface area contributed by atoms with Crippen LogP contribution in [0.4, 0.5) is 13.6 Å². The lowest BCUT2D eigenvalue weighted by Gasteiger charge is -2.08. The van der Waals surface area contributed by atoms with Gasteiger partial charge in [0.2, 0.25) is 0 Å². The highest BCUT2D eigenvalue weighted by Crippen LogP contribution is 2.25. The molecular weight excluding hydrogens is 280 g/mol. The first-order chi connectivity index (χ1) is 10.0. The van der Waals surface area contributed by atoms with Crippen molar-refractivity contribution in [2.75, 3.05) is 0 Å².